The molecule has 0 amide bonds. The fourth-order valence-electron chi connectivity index (χ4n) is 1.90. The fourth-order valence-corrected chi connectivity index (χ4v) is 1.90. The summed E-state index contributed by atoms with van der Waals surface area (Å²) in [6.45, 7) is 9.94. The van der Waals surface area contributed by atoms with Gasteiger partial charge in [-0.15, -0.1) is 0 Å². The van der Waals surface area contributed by atoms with E-state index in [0.717, 1.165) is 6.54 Å². The molecule has 3 nitrogen and oxygen atoms in total. The summed E-state index contributed by atoms with van der Waals surface area (Å²) in [5, 5.41) is 9.96. The summed E-state index contributed by atoms with van der Waals surface area (Å²) in [5.41, 5.74) is 2.39. The summed E-state index contributed by atoms with van der Waals surface area (Å²) in [4.78, 5) is 2.12. The Balaban J connectivity index is 2.39. The number of rotatable bonds is 6. The van der Waals surface area contributed by atoms with Gasteiger partial charge in [0.1, 0.15) is 0 Å². The van der Waals surface area contributed by atoms with Gasteiger partial charge >= 0.3 is 0 Å². The number of hydrogen-bond donors (Lipinski definition) is 1. The fraction of sp³-hybridized carbons (Fsp3) is 0.625. The molecule has 1 aromatic carbocycles. The highest BCUT2D eigenvalue weighted by Gasteiger charge is 2.15. The number of aliphatic hydroxyl groups excluding tert-OH is 1. The van der Waals surface area contributed by atoms with E-state index in [9.17, 15) is 5.11 Å². The predicted molar refractivity (Wildman–Crippen MR) is 79.2 cm³/mol. The number of ether oxygens (including phenoxy) is 1. The van der Waals surface area contributed by atoms with Crippen molar-refractivity contribution in [3.05, 3.63) is 35.4 Å². The maximum atomic E-state index is 9.96. The minimum Gasteiger partial charge on any atom is -0.389 e. The van der Waals surface area contributed by atoms with E-state index in [1.165, 1.54) is 11.1 Å². The van der Waals surface area contributed by atoms with Gasteiger partial charge in [0, 0.05) is 13.1 Å². The SMILES string of the molecule is Cc1ccccc1CN(C)CC(O)COC(C)(C)C. The van der Waals surface area contributed by atoms with Crippen LogP contribution in [0.4, 0.5) is 0 Å². The Morgan fingerprint density at radius 1 is 1.26 bits per heavy atom. The van der Waals surface area contributed by atoms with Gasteiger partial charge in [-0.05, 0) is 45.9 Å². The van der Waals surface area contributed by atoms with Crippen molar-refractivity contribution in [2.75, 3.05) is 20.2 Å². The summed E-state index contributed by atoms with van der Waals surface area (Å²) < 4.78 is 5.59. The maximum Gasteiger partial charge on any atom is 0.0900 e. The van der Waals surface area contributed by atoms with E-state index >= 15 is 0 Å². The highest BCUT2D eigenvalue weighted by Crippen LogP contribution is 2.11. The van der Waals surface area contributed by atoms with Crippen molar-refractivity contribution in [1.82, 2.24) is 4.90 Å². The van der Waals surface area contributed by atoms with Gasteiger partial charge in [-0.1, -0.05) is 24.3 Å². The first-order valence-corrected chi connectivity index (χ1v) is 6.83. The first-order valence-electron chi connectivity index (χ1n) is 6.83. The van der Waals surface area contributed by atoms with E-state index in [2.05, 4.69) is 30.0 Å². The lowest BCUT2D eigenvalue weighted by molar-refractivity contribution is -0.0550. The van der Waals surface area contributed by atoms with E-state index < -0.39 is 6.10 Å². The zero-order valence-electron chi connectivity index (χ0n) is 12.8. The molecule has 108 valence electrons. The second-order valence-corrected chi connectivity index (χ2v) is 6.20. The second kappa shape index (κ2) is 7.04. The molecule has 3 heteroatoms. The molecular formula is C16H27NO2. The Labute approximate surface area is 117 Å². The third-order valence-corrected chi connectivity index (χ3v) is 2.93. The topological polar surface area (TPSA) is 32.7 Å². The van der Waals surface area contributed by atoms with Crippen molar-refractivity contribution >= 4 is 0 Å². The van der Waals surface area contributed by atoms with Crippen LogP contribution in [-0.4, -0.2) is 41.9 Å². The molecule has 19 heavy (non-hydrogen) atoms. The molecule has 1 atom stereocenters. The zero-order valence-corrected chi connectivity index (χ0v) is 12.8. The van der Waals surface area contributed by atoms with Crippen molar-refractivity contribution < 1.29 is 9.84 Å². The normalized spacial score (nSPS) is 13.8. The van der Waals surface area contributed by atoms with Crippen molar-refractivity contribution in [1.29, 1.82) is 0 Å². The molecule has 1 unspecified atom stereocenters. The van der Waals surface area contributed by atoms with Gasteiger partial charge in [-0.3, -0.25) is 4.90 Å². The lowest BCUT2D eigenvalue weighted by Crippen LogP contribution is -2.34. The van der Waals surface area contributed by atoms with E-state index in [0.29, 0.717) is 13.2 Å². The molecule has 0 spiro atoms. The van der Waals surface area contributed by atoms with Crippen LogP contribution in [0.2, 0.25) is 0 Å². The Hall–Kier alpha value is -0.900. The van der Waals surface area contributed by atoms with Gasteiger partial charge in [0.15, 0.2) is 0 Å². The van der Waals surface area contributed by atoms with E-state index in [4.69, 9.17) is 4.74 Å². The Morgan fingerprint density at radius 3 is 2.47 bits per heavy atom. The third kappa shape index (κ3) is 6.71. The van der Waals surface area contributed by atoms with Crippen LogP contribution in [0.1, 0.15) is 31.9 Å². The summed E-state index contributed by atoms with van der Waals surface area (Å²) in [6.07, 6.45) is -0.451. The lowest BCUT2D eigenvalue weighted by atomic mass is 10.1. The molecule has 1 aromatic rings. The molecule has 0 bridgehead atoms. The molecule has 1 N–H and O–H groups in total. The van der Waals surface area contributed by atoms with Gasteiger partial charge in [0.2, 0.25) is 0 Å². The molecule has 0 aliphatic rings. The molecule has 0 heterocycles. The summed E-state index contributed by atoms with van der Waals surface area (Å²) >= 11 is 0. The van der Waals surface area contributed by atoms with Gasteiger partial charge < -0.3 is 9.84 Å². The van der Waals surface area contributed by atoms with Crippen LogP contribution in [0.5, 0.6) is 0 Å². The van der Waals surface area contributed by atoms with Gasteiger partial charge in [-0.2, -0.15) is 0 Å². The molecule has 0 aliphatic carbocycles. The van der Waals surface area contributed by atoms with Crippen molar-refractivity contribution in [3.63, 3.8) is 0 Å². The van der Waals surface area contributed by atoms with Gasteiger partial charge in [-0.25, -0.2) is 0 Å². The van der Waals surface area contributed by atoms with E-state index in [-0.39, 0.29) is 5.60 Å². The Kier molecular flexibility index (Phi) is 5.98. The molecule has 1 rings (SSSR count). The molecule has 0 saturated heterocycles. The van der Waals surface area contributed by atoms with E-state index in [1.807, 2.05) is 33.9 Å². The average Bonchev–Trinajstić information content (AvgIpc) is 2.29. The second-order valence-electron chi connectivity index (χ2n) is 6.20. The van der Waals surface area contributed by atoms with Crippen molar-refractivity contribution in [2.45, 2.75) is 45.9 Å². The molecule has 0 saturated carbocycles. The number of nitrogens with zero attached hydrogens (tertiary/aromatic N) is 1. The minimum absolute atomic E-state index is 0.199. The van der Waals surface area contributed by atoms with Crippen LogP contribution < -0.4 is 0 Å². The maximum absolute atomic E-state index is 9.96. The van der Waals surface area contributed by atoms with Crippen LogP contribution in [0.3, 0.4) is 0 Å². The highest BCUT2D eigenvalue weighted by molar-refractivity contribution is 5.25. The predicted octanol–water partition coefficient (Wildman–Crippen LogP) is 2.60. The van der Waals surface area contributed by atoms with Crippen molar-refractivity contribution in [3.8, 4) is 0 Å². The Bertz CT molecular complexity index is 385. The number of benzene rings is 1. The minimum atomic E-state index is -0.451. The molecular weight excluding hydrogens is 238 g/mol. The van der Waals surface area contributed by atoms with Crippen LogP contribution >= 0.6 is 0 Å². The summed E-state index contributed by atoms with van der Waals surface area (Å²) in [5.74, 6) is 0. The number of likely N-dealkylation sites (N-methyl/N-ethyl adjacent to an activating group) is 1. The Morgan fingerprint density at radius 2 is 1.89 bits per heavy atom. The number of aliphatic hydroxyl groups is 1. The standard InChI is InChI=1S/C16H27NO2/c1-13-8-6-7-9-14(13)10-17(5)11-15(18)12-19-16(2,3)4/h6-9,15,18H,10-12H2,1-5H3. The largest absolute Gasteiger partial charge is 0.389 e. The quantitative estimate of drug-likeness (QED) is 0.858. The third-order valence-electron chi connectivity index (χ3n) is 2.93. The summed E-state index contributed by atoms with van der Waals surface area (Å²) in [6, 6.07) is 8.34. The first-order chi connectivity index (χ1) is 8.78. The number of aryl methyl sites for hydroxylation is 1. The monoisotopic (exact) mass is 265 g/mol. The van der Waals surface area contributed by atoms with Gasteiger partial charge in [0.05, 0.1) is 18.3 Å². The van der Waals surface area contributed by atoms with Gasteiger partial charge in [0.25, 0.3) is 0 Å². The zero-order chi connectivity index (χ0) is 14.5. The van der Waals surface area contributed by atoms with Crippen LogP contribution in [0.25, 0.3) is 0 Å². The summed E-state index contributed by atoms with van der Waals surface area (Å²) in [7, 11) is 2.02. The molecule has 0 radical (unpaired) electrons. The number of hydrogen-bond acceptors (Lipinski definition) is 3. The van der Waals surface area contributed by atoms with Crippen LogP contribution in [0.15, 0.2) is 24.3 Å². The van der Waals surface area contributed by atoms with E-state index in [1.54, 1.807) is 0 Å². The first kappa shape index (κ1) is 16.2. The molecule has 0 fully saturated rings. The van der Waals surface area contributed by atoms with Crippen molar-refractivity contribution in [2.24, 2.45) is 0 Å². The highest BCUT2D eigenvalue weighted by atomic mass is 16.5. The molecule has 0 aromatic heterocycles. The molecule has 0 aliphatic heterocycles. The smallest absolute Gasteiger partial charge is 0.0900 e. The van der Waals surface area contributed by atoms with Crippen LogP contribution in [-0.2, 0) is 11.3 Å². The average molecular weight is 265 g/mol. The van der Waals surface area contributed by atoms with Crippen LogP contribution in [0, 0.1) is 6.92 Å². The lowest BCUT2D eigenvalue weighted by Gasteiger charge is -2.25.